The van der Waals surface area contributed by atoms with Crippen LogP contribution in [0.4, 0.5) is 5.69 Å². The van der Waals surface area contributed by atoms with E-state index in [4.69, 9.17) is 4.74 Å². The van der Waals surface area contributed by atoms with Gasteiger partial charge in [0.2, 0.25) is 0 Å². The summed E-state index contributed by atoms with van der Waals surface area (Å²) in [7, 11) is 3.26. The average Bonchev–Trinajstić information content (AvgIpc) is 3.25. The van der Waals surface area contributed by atoms with Crippen LogP contribution in [0.15, 0.2) is 29.3 Å². The smallest absolute Gasteiger partial charge is 0.310 e. The maximum absolute atomic E-state index is 11.9. The number of aliphatic imine (C=N–C) groups is 1. The molecule has 0 aromatic heterocycles. The molecule has 3 rings (SSSR count). The summed E-state index contributed by atoms with van der Waals surface area (Å²) in [5.74, 6) is 0.922. The van der Waals surface area contributed by atoms with Crippen molar-refractivity contribution in [2.45, 2.75) is 26.3 Å². The molecule has 142 valence electrons. The van der Waals surface area contributed by atoms with Gasteiger partial charge in [-0.15, -0.1) is 0 Å². The Hall–Kier alpha value is -2.24. The molecule has 1 N–H and O–H groups in total. The second kappa shape index (κ2) is 7.98. The van der Waals surface area contributed by atoms with Crippen LogP contribution >= 0.6 is 0 Å². The van der Waals surface area contributed by atoms with Gasteiger partial charge in [0, 0.05) is 45.0 Å². The van der Waals surface area contributed by atoms with Crippen LogP contribution in [0, 0.1) is 11.8 Å². The Labute approximate surface area is 156 Å². The van der Waals surface area contributed by atoms with Crippen LogP contribution in [0.3, 0.4) is 0 Å². The summed E-state index contributed by atoms with van der Waals surface area (Å²) in [6.07, 6.45) is 1.11. The van der Waals surface area contributed by atoms with E-state index in [0.29, 0.717) is 12.6 Å². The van der Waals surface area contributed by atoms with E-state index in [2.05, 4.69) is 58.2 Å². The second-order valence-corrected chi connectivity index (χ2v) is 7.36. The van der Waals surface area contributed by atoms with Gasteiger partial charge < -0.3 is 19.9 Å². The maximum atomic E-state index is 11.9. The van der Waals surface area contributed by atoms with E-state index < -0.39 is 0 Å². The third-order valence-corrected chi connectivity index (χ3v) is 5.64. The van der Waals surface area contributed by atoms with E-state index in [9.17, 15) is 4.79 Å². The third kappa shape index (κ3) is 3.64. The van der Waals surface area contributed by atoms with Crippen molar-refractivity contribution in [3.8, 4) is 0 Å². The first-order valence-corrected chi connectivity index (χ1v) is 9.43. The summed E-state index contributed by atoms with van der Waals surface area (Å²) in [5, 5.41) is 3.50. The SMILES string of the molecule is CN=C(NCC(C)N1CCc2ccccc21)N1CC(C)C(C(=O)OC)C1. The molecule has 1 aromatic carbocycles. The molecule has 0 radical (unpaired) electrons. The van der Waals surface area contributed by atoms with Crippen molar-refractivity contribution in [2.75, 3.05) is 45.2 Å². The van der Waals surface area contributed by atoms with Crippen molar-refractivity contribution in [2.24, 2.45) is 16.8 Å². The van der Waals surface area contributed by atoms with E-state index in [1.165, 1.54) is 18.4 Å². The zero-order chi connectivity index (χ0) is 18.7. The van der Waals surface area contributed by atoms with E-state index in [0.717, 1.165) is 32.0 Å². The summed E-state index contributed by atoms with van der Waals surface area (Å²) in [6.45, 7) is 7.69. The van der Waals surface area contributed by atoms with Gasteiger partial charge >= 0.3 is 5.97 Å². The Morgan fingerprint density at radius 1 is 1.38 bits per heavy atom. The lowest BCUT2D eigenvalue weighted by Crippen LogP contribution is -2.47. The fraction of sp³-hybridized carbons (Fsp3) is 0.600. The van der Waals surface area contributed by atoms with Crippen LogP contribution in [0.1, 0.15) is 19.4 Å². The highest BCUT2D eigenvalue weighted by atomic mass is 16.5. The number of guanidine groups is 1. The number of rotatable bonds is 4. The number of para-hydroxylation sites is 1. The minimum atomic E-state index is -0.127. The fourth-order valence-electron chi connectivity index (χ4n) is 4.10. The van der Waals surface area contributed by atoms with Crippen LogP contribution in [-0.2, 0) is 16.0 Å². The van der Waals surface area contributed by atoms with Crippen molar-refractivity contribution >= 4 is 17.6 Å². The molecule has 0 spiro atoms. The van der Waals surface area contributed by atoms with Crippen LogP contribution in [0.25, 0.3) is 0 Å². The molecule has 26 heavy (non-hydrogen) atoms. The third-order valence-electron chi connectivity index (χ3n) is 5.64. The fourth-order valence-corrected chi connectivity index (χ4v) is 4.10. The number of hydrogen-bond donors (Lipinski definition) is 1. The first-order chi connectivity index (χ1) is 12.5. The van der Waals surface area contributed by atoms with Crippen LogP contribution in [0.5, 0.6) is 0 Å². The van der Waals surface area contributed by atoms with Crippen molar-refractivity contribution < 1.29 is 9.53 Å². The number of carbonyl (C=O) groups is 1. The summed E-state index contributed by atoms with van der Waals surface area (Å²) in [4.78, 5) is 21.0. The number of esters is 1. The van der Waals surface area contributed by atoms with E-state index in [1.54, 1.807) is 7.05 Å². The zero-order valence-electron chi connectivity index (χ0n) is 16.2. The predicted molar refractivity (Wildman–Crippen MR) is 105 cm³/mol. The number of likely N-dealkylation sites (tertiary alicyclic amines) is 1. The Bertz CT molecular complexity index is 676. The lowest BCUT2D eigenvalue weighted by atomic mass is 9.99. The largest absolute Gasteiger partial charge is 0.469 e. The molecule has 6 nitrogen and oxygen atoms in total. The summed E-state index contributed by atoms with van der Waals surface area (Å²) in [6, 6.07) is 9.00. The zero-order valence-corrected chi connectivity index (χ0v) is 16.2. The molecule has 1 fully saturated rings. The topological polar surface area (TPSA) is 57.2 Å². The van der Waals surface area contributed by atoms with E-state index >= 15 is 0 Å². The highest BCUT2D eigenvalue weighted by molar-refractivity contribution is 5.82. The number of nitrogens with zero attached hydrogens (tertiary/aromatic N) is 3. The van der Waals surface area contributed by atoms with Gasteiger partial charge in [0.05, 0.1) is 13.0 Å². The Morgan fingerprint density at radius 2 is 2.15 bits per heavy atom. The van der Waals surface area contributed by atoms with Crippen molar-refractivity contribution in [1.29, 1.82) is 0 Å². The molecule has 2 heterocycles. The number of carbonyl (C=O) groups excluding carboxylic acids is 1. The Balaban J connectivity index is 1.58. The van der Waals surface area contributed by atoms with Crippen molar-refractivity contribution in [3.63, 3.8) is 0 Å². The first-order valence-electron chi connectivity index (χ1n) is 9.43. The molecule has 0 saturated carbocycles. The van der Waals surface area contributed by atoms with Gasteiger partial charge in [-0.25, -0.2) is 0 Å². The normalized spacial score (nSPS) is 23.8. The van der Waals surface area contributed by atoms with Gasteiger partial charge in [0.15, 0.2) is 5.96 Å². The number of anilines is 1. The van der Waals surface area contributed by atoms with Crippen molar-refractivity contribution in [3.05, 3.63) is 29.8 Å². The molecule has 1 aromatic rings. The molecular weight excluding hydrogens is 328 g/mol. The van der Waals surface area contributed by atoms with Gasteiger partial charge in [-0.2, -0.15) is 0 Å². The molecule has 3 unspecified atom stereocenters. The van der Waals surface area contributed by atoms with Gasteiger partial charge in [0.25, 0.3) is 0 Å². The number of ether oxygens (including phenoxy) is 1. The summed E-state index contributed by atoms with van der Waals surface area (Å²) < 4.78 is 4.93. The average molecular weight is 358 g/mol. The van der Waals surface area contributed by atoms with E-state index in [-0.39, 0.29) is 17.8 Å². The number of methoxy groups -OCH3 is 1. The lowest BCUT2D eigenvalue weighted by molar-refractivity contribution is -0.145. The van der Waals surface area contributed by atoms with Crippen LogP contribution in [0.2, 0.25) is 0 Å². The monoisotopic (exact) mass is 358 g/mol. The molecule has 6 heteroatoms. The van der Waals surface area contributed by atoms with Crippen LogP contribution < -0.4 is 10.2 Å². The van der Waals surface area contributed by atoms with E-state index in [1.807, 2.05) is 0 Å². The molecular formula is C20H30N4O2. The summed E-state index contributed by atoms with van der Waals surface area (Å²) in [5.41, 5.74) is 2.77. The first kappa shape index (κ1) is 18.5. The van der Waals surface area contributed by atoms with Gasteiger partial charge in [0.1, 0.15) is 0 Å². The second-order valence-electron chi connectivity index (χ2n) is 7.36. The number of benzene rings is 1. The van der Waals surface area contributed by atoms with Gasteiger partial charge in [-0.05, 0) is 30.9 Å². The number of fused-ring (bicyclic) bond motifs is 1. The molecule has 0 aliphatic carbocycles. The Morgan fingerprint density at radius 3 is 2.88 bits per heavy atom. The molecule has 1 saturated heterocycles. The predicted octanol–water partition coefficient (Wildman–Crippen LogP) is 1.75. The molecule has 0 amide bonds. The number of nitrogens with one attached hydrogen (secondary N) is 1. The quantitative estimate of drug-likeness (QED) is 0.505. The highest BCUT2D eigenvalue weighted by Crippen LogP contribution is 2.29. The maximum Gasteiger partial charge on any atom is 0.310 e. The van der Waals surface area contributed by atoms with Gasteiger partial charge in [-0.3, -0.25) is 9.79 Å². The minimum absolute atomic E-state index is 0.0820. The highest BCUT2D eigenvalue weighted by Gasteiger charge is 2.37. The molecule has 2 aliphatic rings. The molecule has 0 bridgehead atoms. The Kier molecular flexibility index (Phi) is 5.69. The standard InChI is InChI=1S/C20H30N4O2/c1-14-12-23(13-17(14)19(25)26-4)20(21-3)22-11-15(2)24-10-9-16-7-5-6-8-18(16)24/h5-8,14-15,17H,9-13H2,1-4H3,(H,21,22). The lowest BCUT2D eigenvalue weighted by Gasteiger charge is -2.29. The van der Waals surface area contributed by atoms with Gasteiger partial charge in [-0.1, -0.05) is 25.1 Å². The summed E-state index contributed by atoms with van der Waals surface area (Å²) >= 11 is 0. The number of hydrogen-bond acceptors (Lipinski definition) is 4. The van der Waals surface area contributed by atoms with Crippen LogP contribution in [-0.4, -0.2) is 63.2 Å². The molecule has 3 atom stereocenters. The molecule has 2 aliphatic heterocycles. The van der Waals surface area contributed by atoms with Crippen molar-refractivity contribution in [1.82, 2.24) is 10.2 Å². The minimum Gasteiger partial charge on any atom is -0.469 e.